The van der Waals surface area contributed by atoms with Crippen LogP contribution in [0.2, 0.25) is 0 Å². The van der Waals surface area contributed by atoms with Crippen LogP contribution in [0.25, 0.3) is 0 Å². The van der Waals surface area contributed by atoms with E-state index in [-0.39, 0.29) is 18.1 Å². The standard InChI is InChI=1S/C17H18BrFN2O/c1-17(2,9-12-3-5-15(19)6-4-12)21-16(22)8-13-7-14(18)11-20-10-13/h3-7,10-11H,8-9H2,1-2H3,(H,21,22). The maximum absolute atomic E-state index is 12.9. The van der Waals surface area contributed by atoms with Crippen LogP contribution in [0.1, 0.15) is 25.0 Å². The van der Waals surface area contributed by atoms with Gasteiger partial charge in [-0.2, -0.15) is 0 Å². The van der Waals surface area contributed by atoms with E-state index >= 15 is 0 Å². The van der Waals surface area contributed by atoms with Gasteiger partial charge < -0.3 is 5.32 Å². The average Bonchev–Trinajstić information content (AvgIpc) is 2.40. The summed E-state index contributed by atoms with van der Waals surface area (Å²) in [7, 11) is 0. The second-order valence-electron chi connectivity index (χ2n) is 5.92. The van der Waals surface area contributed by atoms with Gasteiger partial charge in [-0.1, -0.05) is 12.1 Å². The number of benzene rings is 1. The molecule has 1 amide bonds. The summed E-state index contributed by atoms with van der Waals surface area (Å²) in [5.41, 5.74) is 1.43. The van der Waals surface area contributed by atoms with Crippen molar-refractivity contribution < 1.29 is 9.18 Å². The van der Waals surface area contributed by atoms with Crippen LogP contribution in [0, 0.1) is 5.82 Å². The molecule has 0 spiro atoms. The second kappa shape index (κ2) is 7.01. The molecule has 0 aliphatic carbocycles. The highest BCUT2D eigenvalue weighted by Gasteiger charge is 2.21. The Balaban J connectivity index is 1.95. The zero-order valence-corrected chi connectivity index (χ0v) is 14.2. The molecule has 1 aromatic heterocycles. The first kappa shape index (κ1) is 16.6. The molecule has 1 N–H and O–H groups in total. The molecule has 0 aliphatic heterocycles. The maximum Gasteiger partial charge on any atom is 0.224 e. The summed E-state index contributed by atoms with van der Waals surface area (Å²) in [6.45, 7) is 3.90. The first-order chi connectivity index (χ1) is 10.3. The van der Waals surface area contributed by atoms with Crippen molar-refractivity contribution in [3.63, 3.8) is 0 Å². The molecule has 0 saturated carbocycles. The molecule has 116 valence electrons. The fourth-order valence-corrected chi connectivity index (χ4v) is 2.73. The van der Waals surface area contributed by atoms with Gasteiger partial charge in [0.2, 0.25) is 5.91 Å². The Morgan fingerprint density at radius 2 is 1.91 bits per heavy atom. The van der Waals surface area contributed by atoms with Crippen LogP contribution >= 0.6 is 15.9 Å². The smallest absolute Gasteiger partial charge is 0.224 e. The predicted molar refractivity (Wildman–Crippen MR) is 88.0 cm³/mol. The number of aromatic nitrogens is 1. The number of amides is 1. The van der Waals surface area contributed by atoms with Gasteiger partial charge in [0, 0.05) is 22.4 Å². The summed E-state index contributed by atoms with van der Waals surface area (Å²) >= 11 is 3.34. The monoisotopic (exact) mass is 364 g/mol. The maximum atomic E-state index is 12.9. The lowest BCUT2D eigenvalue weighted by Gasteiger charge is -2.26. The van der Waals surface area contributed by atoms with E-state index in [9.17, 15) is 9.18 Å². The van der Waals surface area contributed by atoms with Gasteiger partial charge in [-0.05, 0) is 65.5 Å². The average molecular weight is 365 g/mol. The Morgan fingerprint density at radius 3 is 2.55 bits per heavy atom. The third-order valence-electron chi connectivity index (χ3n) is 3.16. The van der Waals surface area contributed by atoms with Crippen molar-refractivity contribution >= 4 is 21.8 Å². The number of hydrogen-bond donors (Lipinski definition) is 1. The van der Waals surface area contributed by atoms with Crippen LogP contribution in [0.3, 0.4) is 0 Å². The predicted octanol–water partition coefficient (Wildman–Crippen LogP) is 3.66. The van der Waals surface area contributed by atoms with E-state index in [1.807, 2.05) is 19.9 Å². The Hall–Kier alpha value is -1.75. The number of pyridine rings is 1. The van der Waals surface area contributed by atoms with Crippen LogP contribution in [0.5, 0.6) is 0 Å². The van der Waals surface area contributed by atoms with E-state index in [1.165, 1.54) is 12.1 Å². The molecule has 3 nitrogen and oxygen atoms in total. The number of rotatable bonds is 5. The highest BCUT2D eigenvalue weighted by Crippen LogP contribution is 2.15. The summed E-state index contributed by atoms with van der Waals surface area (Å²) in [6, 6.07) is 8.21. The van der Waals surface area contributed by atoms with E-state index in [2.05, 4.69) is 26.2 Å². The Labute approximate surface area is 138 Å². The van der Waals surface area contributed by atoms with E-state index in [0.29, 0.717) is 6.42 Å². The first-order valence-electron chi connectivity index (χ1n) is 6.99. The lowest BCUT2D eigenvalue weighted by atomic mass is 9.94. The van der Waals surface area contributed by atoms with Crippen molar-refractivity contribution in [1.82, 2.24) is 10.3 Å². The van der Waals surface area contributed by atoms with Crippen LogP contribution in [-0.2, 0) is 17.6 Å². The van der Waals surface area contributed by atoms with Gasteiger partial charge in [0.15, 0.2) is 0 Å². The molecule has 0 atom stereocenters. The van der Waals surface area contributed by atoms with Crippen LogP contribution in [0.4, 0.5) is 4.39 Å². The molecule has 1 heterocycles. The zero-order chi connectivity index (χ0) is 16.2. The van der Waals surface area contributed by atoms with Crippen molar-refractivity contribution in [3.05, 3.63) is 64.1 Å². The van der Waals surface area contributed by atoms with Gasteiger partial charge in [-0.15, -0.1) is 0 Å². The van der Waals surface area contributed by atoms with Crippen molar-refractivity contribution in [2.75, 3.05) is 0 Å². The third kappa shape index (κ3) is 5.22. The normalized spacial score (nSPS) is 11.3. The molecule has 22 heavy (non-hydrogen) atoms. The molecule has 5 heteroatoms. The topological polar surface area (TPSA) is 42.0 Å². The van der Waals surface area contributed by atoms with Crippen molar-refractivity contribution in [1.29, 1.82) is 0 Å². The molecule has 2 aromatic rings. The Morgan fingerprint density at radius 1 is 1.23 bits per heavy atom. The van der Waals surface area contributed by atoms with Crippen LogP contribution in [0.15, 0.2) is 47.2 Å². The third-order valence-corrected chi connectivity index (χ3v) is 3.60. The zero-order valence-electron chi connectivity index (χ0n) is 12.6. The van der Waals surface area contributed by atoms with Crippen molar-refractivity contribution in [2.24, 2.45) is 0 Å². The fourth-order valence-electron chi connectivity index (χ4n) is 2.32. The summed E-state index contributed by atoms with van der Waals surface area (Å²) < 4.78 is 13.8. The largest absolute Gasteiger partial charge is 0.351 e. The first-order valence-corrected chi connectivity index (χ1v) is 7.78. The van der Waals surface area contributed by atoms with Crippen molar-refractivity contribution in [3.8, 4) is 0 Å². The van der Waals surface area contributed by atoms with E-state index in [0.717, 1.165) is 15.6 Å². The minimum atomic E-state index is -0.408. The summed E-state index contributed by atoms with van der Waals surface area (Å²) in [5, 5.41) is 3.01. The number of carbonyl (C=O) groups is 1. The highest BCUT2D eigenvalue weighted by molar-refractivity contribution is 9.10. The van der Waals surface area contributed by atoms with Crippen molar-refractivity contribution in [2.45, 2.75) is 32.2 Å². The summed E-state index contributed by atoms with van der Waals surface area (Å²) in [5.74, 6) is -0.320. The molecule has 0 unspecified atom stereocenters. The molecule has 0 aliphatic rings. The Kier molecular flexibility index (Phi) is 5.29. The number of halogens is 2. The minimum Gasteiger partial charge on any atom is -0.351 e. The molecule has 2 rings (SSSR count). The van der Waals surface area contributed by atoms with Crippen LogP contribution in [-0.4, -0.2) is 16.4 Å². The lowest BCUT2D eigenvalue weighted by molar-refractivity contribution is -0.122. The van der Waals surface area contributed by atoms with E-state index in [1.54, 1.807) is 24.5 Å². The van der Waals surface area contributed by atoms with E-state index < -0.39 is 5.54 Å². The van der Waals surface area contributed by atoms with Gasteiger partial charge in [0.1, 0.15) is 5.82 Å². The molecule has 0 radical (unpaired) electrons. The number of hydrogen-bond acceptors (Lipinski definition) is 2. The van der Waals surface area contributed by atoms with Gasteiger partial charge in [-0.25, -0.2) is 4.39 Å². The van der Waals surface area contributed by atoms with Crippen LogP contribution < -0.4 is 5.32 Å². The second-order valence-corrected chi connectivity index (χ2v) is 6.84. The van der Waals surface area contributed by atoms with E-state index in [4.69, 9.17) is 0 Å². The van der Waals surface area contributed by atoms with Gasteiger partial charge in [0.05, 0.1) is 6.42 Å². The molecule has 0 bridgehead atoms. The molecule has 0 saturated heterocycles. The molecule has 1 aromatic carbocycles. The van der Waals surface area contributed by atoms with Gasteiger partial charge in [0.25, 0.3) is 0 Å². The van der Waals surface area contributed by atoms with Gasteiger partial charge in [-0.3, -0.25) is 9.78 Å². The minimum absolute atomic E-state index is 0.0630. The number of nitrogens with one attached hydrogen (secondary N) is 1. The fraction of sp³-hybridized carbons (Fsp3) is 0.294. The quantitative estimate of drug-likeness (QED) is 0.879. The SMILES string of the molecule is CC(C)(Cc1ccc(F)cc1)NC(=O)Cc1cncc(Br)c1. The summed E-state index contributed by atoms with van der Waals surface area (Å²) in [6.07, 6.45) is 4.27. The van der Waals surface area contributed by atoms with Gasteiger partial charge >= 0.3 is 0 Å². The lowest BCUT2D eigenvalue weighted by Crippen LogP contribution is -2.45. The summed E-state index contributed by atoms with van der Waals surface area (Å²) in [4.78, 5) is 16.2. The molecular formula is C17H18BrFN2O. The number of nitrogens with zero attached hydrogens (tertiary/aromatic N) is 1. The highest BCUT2D eigenvalue weighted by atomic mass is 79.9. The Bertz CT molecular complexity index is 656. The molecule has 0 fully saturated rings. The molecular weight excluding hydrogens is 347 g/mol. The number of carbonyl (C=O) groups excluding carboxylic acids is 1.